The summed E-state index contributed by atoms with van der Waals surface area (Å²) in [6.45, 7) is 4.98. The smallest absolute Gasteiger partial charge is 0.0439 e. The van der Waals surface area contributed by atoms with Gasteiger partial charge in [0, 0.05) is 35.4 Å². The number of benzene rings is 1. The minimum Gasteiger partial charge on any atom is -0.306 e. The van der Waals surface area contributed by atoms with E-state index in [-0.39, 0.29) is 6.04 Å². The normalized spacial score (nSPS) is 14.1. The van der Waals surface area contributed by atoms with Gasteiger partial charge in [-0.05, 0) is 19.4 Å². The standard InChI is InChI=1S/C14H21NOS/c1-12(2)9-10-15-14(11-17(3)16)13-7-5-4-6-8-13/h4-9,14-15H,10-11H2,1-3H3/t14-,17+/m1/s1. The molecule has 1 aromatic rings. The molecule has 0 aliphatic rings. The fourth-order valence-corrected chi connectivity index (χ4v) is 2.38. The summed E-state index contributed by atoms with van der Waals surface area (Å²) in [5.41, 5.74) is 2.49. The van der Waals surface area contributed by atoms with Crippen molar-refractivity contribution in [2.45, 2.75) is 19.9 Å². The summed E-state index contributed by atoms with van der Waals surface area (Å²) in [6.07, 6.45) is 3.90. The van der Waals surface area contributed by atoms with Crippen LogP contribution in [-0.4, -0.2) is 22.8 Å². The average Bonchev–Trinajstić information content (AvgIpc) is 2.28. The quantitative estimate of drug-likeness (QED) is 0.788. The topological polar surface area (TPSA) is 29.1 Å². The molecule has 0 aliphatic heterocycles. The number of nitrogens with one attached hydrogen (secondary N) is 1. The van der Waals surface area contributed by atoms with Crippen molar-refractivity contribution in [1.29, 1.82) is 0 Å². The van der Waals surface area contributed by atoms with Crippen molar-refractivity contribution in [2.75, 3.05) is 18.6 Å². The molecule has 0 amide bonds. The molecule has 0 saturated carbocycles. The first-order chi connectivity index (χ1) is 8.09. The number of hydrogen-bond acceptors (Lipinski definition) is 2. The van der Waals surface area contributed by atoms with Crippen molar-refractivity contribution in [1.82, 2.24) is 5.32 Å². The van der Waals surface area contributed by atoms with E-state index in [0.717, 1.165) is 6.54 Å². The first kappa shape index (κ1) is 14.1. The van der Waals surface area contributed by atoms with Crippen LogP contribution in [0, 0.1) is 0 Å². The maximum Gasteiger partial charge on any atom is 0.0439 e. The SMILES string of the molecule is CC(C)=CCN[C@H](C[S@](C)=O)c1ccccc1. The predicted octanol–water partition coefficient (Wildman–Crippen LogP) is 2.66. The van der Waals surface area contributed by atoms with E-state index in [0.29, 0.717) is 5.75 Å². The lowest BCUT2D eigenvalue weighted by atomic mass is 10.1. The molecule has 0 radical (unpaired) electrons. The van der Waals surface area contributed by atoms with Crippen LogP contribution in [0.1, 0.15) is 25.5 Å². The van der Waals surface area contributed by atoms with Gasteiger partial charge in [0.2, 0.25) is 0 Å². The van der Waals surface area contributed by atoms with Gasteiger partial charge in [-0.2, -0.15) is 0 Å². The zero-order valence-electron chi connectivity index (χ0n) is 10.8. The van der Waals surface area contributed by atoms with E-state index in [2.05, 4.69) is 37.4 Å². The summed E-state index contributed by atoms with van der Waals surface area (Å²) in [6, 6.07) is 10.4. The second-order valence-corrected chi connectivity index (χ2v) is 5.87. The number of allylic oxidation sites excluding steroid dienone is 1. The van der Waals surface area contributed by atoms with Gasteiger partial charge in [0.1, 0.15) is 0 Å². The highest BCUT2D eigenvalue weighted by atomic mass is 32.2. The third-order valence-electron chi connectivity index (χ3n) is 2.48. The van der Waals surface area contributed by atoms with Gasteiger partial charge in [-0.3, -0.25) is 4.21 Å². The Morgan fingerprint density at radius 3 is 2.53 bits per heavy atom. The zero-order valence-corrected chi connectivity index (χ0v) is 11.6. The lowest BCUT2D eigenvalue weighted by Crippen LogP contribution is -2.26. The van der Waals surface area contributed by atoms with Crippen molar-refractivity contribution in [3.05, 3.63) is 47.5 Å². The second-order valence-electron chi connectivity index (χ2n) is 4.39. The third-order valence-corrected chi connectivity index (χ3v) is 3.28. The Hall–Kier alpha value is -0.930. The van der Waals surface area contributed by atoms with Crippen LogP contribution in [0.3, 0.4) is 0 Å². The van der Waals surface area contributed by atoms with Crippen molar-refractivity contribution in [3.8, 4) is 0 Å². The molecule has 1 N–H and O–H groups in total. The molecule has 3 heteroatoms. The van der Waals surface area contributed by atoms with Crippen LogP contribution in [0.15, 0.2) is 42.0 Å². The highest BCUT2D eigenvalue weighted by molar-refractivity contribution is 7.84. The summed E-state index contributed by atoms with van der Waals surface area (Å²) >= 11 is 0. The molecule has 94 valence electrons. The molecule has 0 saturated heterocycles. The van der Waals surface area contributed by atoms with Gasteiger partial charge in [-0.15, -0.1) is 0 Å². The molecule has 17 heavy (non-hydrogen) atoms. The van der Waals surface area contributed by atoms with Crippen LogP contribution >= 0.6 is 0 Å². The van der Waals surface area contributed by atoms with E-state index < -0.39 is 10.8 Å². The fraction of sp³-hybridized carbons (Fsp3) is 0.429. The van der Waals surface area contributed by atoms with E-state index in [9.17, 15) is 4.21 Å². The van der Waals surface area contributed by atoms with Gasteiger partial charge >= 0.3 is 0 Å². The number of hydrogen-bond donors (Lipinski definition) is 1. The Labute approximate surface area is 107 Å². The van der Waals surface area contributed by atoms with E-state index >= 15 is 0 Å². The second kappa shape index (κ2) is 7.41. The van der Waals surface area contributed by atoms with Crippen LogP contribution in [0.25, 0.3) is 0 Å². The van der Waals surface area contributed by atoms with E-state index in [1.54, 1.807) is 6.26 Å². The van der Waals surface area contributed by atoms with Crippen molar-refractivity contribution in [2.24, 2.45) is 0 Å². The first-order valence-corrected chi connectivity index (χ1v) is 7.54. The van der Waals surface area contributed by atoms with Crippen molar-refractivity contribution in [3.63, 3.8) is 0 Å². The largest absolute Gasteiger partial charge is 0.306 e. The molecule has 0 aliphatic carbocycles. The Morgan fingerprint density at radius 1 is 1.35 bits per heavy atom. The van der Waals surface area contributed by atoms with Crippen LogP contribution in [-0.2, 0) is 10.8 Å². The molecule has 0 spiro atoms. The van der Waals surface area contributed by atoms with E-state index in [1.807, 2.05) is 18.2 Å². The summed E-state index contributed by atoms with van der Waals surface area (Å²) in [5, 5.41) is 3.43. The summed E-state index contributed by atoms with van der Waals surface area (Å²) in [5.74, 6) is 0.653. The third kappa shape index (κ3) is 5.80. The van der Waals surface area contributed by atoms with Gasteiger partial charge in [0.25, 0.3) is 0 Å². The Kier molecular flexibility index (Phi) is 6.16. The highest BCUT2D eigenvalue weighted by Gasteiger charge is 2.11. The molecule has 1 aromatic carbocycles. The minimum atomic E-state index is -0.793. The van der Waals surface area contributed by atoms with Gasteiger partial charge in [-0.25, -0.2) is 0 Å². The highest BCUT2D eigenvalue weighted by Crippen LogP contribution is 2.13. The van der Waals surface area contributed by atoms with Crippen LogP contribution in [0.2, 0.25) is 0 Å². The predicted molar refractivity (Wildman–Crippen MR) is 75.6 cm³/mol. The van der Waals surface area contributed by atoms with Gasteiger partial charge in [-0.1, -0.05) is 42.0 Å². The van der Waals surface area contributed by atoms with E-state index in [1.165, 1.54) is 11.1 Å². The summed E-state index contributed by atoms with van der Waals surface area (Å²) < 4.78 is 11.4. The summed E-state index contributed by atoms with van der Waals surface area (Å²) in [4.78, 5) is 0. The molecule has 0 heterocycles. The average molecular weight is 251 g/mol. The Bertz CT molecular complexity index is 382. The molecule has 0 aromatic heterocycles. The maximum absolute atomic E-state index is 11.4. The van der Waals surface area contributed by atoms with Crippen molar-refractivity contribution >= 4 is 10.8 Å². The molecule has 2 atom stereocenters. The van der Waals surface area contributed by atoms with Crippen LogP contribution in [0.4, 0.5) is 0 Å². The maximum atomic E-state index is 11.4. The lowest BCUT2D eigenvalue weighted by Gasteiger charge is -2.17. The Morgan fingerprint density at radius 2 is 2.00 bits per heavy atom. The molecule has 0 fully saturated rings. The van der Waals surface area contributed by atoms with E-state index in [4.69, 9.17) is 0 Å². The van der Waals surface area contributed by atoms with Crippen molar-refractivity contribution < 1.29 is 4.21 Å². The van der Waals surface area contributed by atoms with Gasteiger partial charge in [0.15, 0.2) is 0 Å². The lowest BCUT2D eigenvalue weighted by molar-refractivity contribution is 0.611. The molecule has 1 rings (SSSR count). The zero-order chi connectivity index (χ0) is 12.7. The Balaban J connectivity index is 2.67. The molecule has 0 unspecified atom stereocenters. The molecular formula is C14H21NOS. The monoisotopic (exact) mass is 251 g/mol. The number of rotatable bonds is 6. The fourth-order valence-electron chi connectivity index (χ4n) is 1.60. The van der Waals surface area contributed by atoms with Crippen LogP contribution in [0.5, 0.6) is 0 Å². The molecule has 0 bridgehead atoms. The molecule has 2 nitrogen and oxygen atoms in total. The molecular weight excluding hydrogens is 230 g/mol. The first-order valence-electron chi connectivity index (χ1n) is 5.81. The minimum absolute atomic E-state index is 0.164. The van der Waals surface area contributed by atoms with Gasteiger partial charge < -0.3 is 5.32 Å². The van der Waals surface area contributed by atoms with Crippen LogP contribution < -0.4 is 5.32 Å². The summed E-state index contributed by atoms with van der Waals surface area (Å²) in [7, 11) is -0.793. The van der Waals surface area contributed by atoms with Gasteiger partial charge in [0.05, 0.1) is 0 Å².